The first-order valence-electron chi connectivity index (χ1n) is 11.8. The predicted molar refractivity (Wildman–Crippen MR) is 129 cm³/mol. The number of ether oxygens (including phenoxy) is 2. The van der Waals surface area contributed by atoms with Gasteiger partial charge in [0, 0.05) is 42.9 Å². The molecule has 1 atom stereocenters. The zero-order valence-corrected chi connectivity index (χ0v) is 21.6. The van der Waals surface area contributed by atoms with E-state index in [1.807, 2.05) is 45.5 Å². The van der Waals surface area contributed by atoms with E-state index >= 15 is 0 Å². The minimum absolute atomic E-state index is 0.0393. The van der Waals surface area contributed by atoms with Gasteiger partial charge in [0.2, 0.25) is 0 Å². The number of rotatable bonds is 14. The molecule has 0 radical (unpaired) electrons. The van der Waals surface area contributed by atoms with E-state index in [-0.39, 0.29) is 17.3 Å². The van der Waals surface area contributed by atoms with Crippen molar-refractivity contribution in [2.24, 2.45) is 5.41 Å². The van der Waals surface area contributed by atoms with Gasteiger partial charge in [-0.15, -0.1) is 5.10 Å². The van der Waals surface area contributed by atoms with Crippen molar-refractivity contribution in [1.82, 2.24) is 25.0 Å². The molecule has 184 valence electrons. The summed E-state index contributed by atoms with van der Waals surface area (Å²) in [5.41, 5.74) is 0.568. The van der Waals surface area contributed by atoms with Gasteiger partial charge in [0.05, 0.1) is 23.5 Å². The molecule has 0 saturated heterocycles. The van der Waals surface area contributed by atoms with Crippen molar-refractivity contribution in [2.45, 2.75) is 105 Å². The number of aryl methyl sites for hydroxylation is 2. The Balaban J connectivity index is 1.77. The van der Waals surface area contributed by atoms with Crippen molar-refractivity contribution in [3.8, 4) is 11.3 Å². The van der Waals surface area contributed by atoms with Crippen LogP contribution < -0.4 is 0 Å². The van der Waals surface area contributed by atoms with Gasteiger partial charge >= 0.3 is 0 Å². The molecule has 0 aliphatic rings. The molecule has 33 heavy (non-hydrogen) atoms. The molecule has 0 fully saturated rings. The molecule has 2 rings (SSSR count). The van der Waals surface area contributed by atoms with Gasteiger partial charge in [0.25, 0.3) is 0 Å². The zero-order valence-electron chi connectivity index (χ0n) is 21.6. The second-order valence-electron chi connectivity index (χ2n) is 10.7. The van der Waals surface area contributed by atoms with Crippen molar-refractivity contribution in [3.63, 3.8) is 0 Å². The Bertz CT molecular complexity index is 874. The Morgan fingerprint density at radius 2 is 1.76 bits per heavy atom. The van der Waals surface area contributed by atoms with E-state index in [1.165, 1.54) is 0 Å². The highest BCUT2D eigenvalue weighted by molar-refractivity contribution is 5.58. The van der Waals surface area contributed by atoms with Crippen LogP contribution in [-0.2, 0) is 27.2 Å². The maximum absolute atomic E-state index is 11.2. The number of aldehydes is 1. The molecule has 0 saturated carbocycles. The molecule has 0 aliphatic heterocycles. The Morgan fingerprint density at radius 3 is 2.36 bits per heavy atom. The molecule has 8 heteroatoms. The third kappa shape index (κ3) is 9.29. The van der Waals surface area contributed by atoms with Crippen LogP contribution in [0.4, 0.5) is 0 Å². The number of carbonyl (C=O) groups excluding carboxylic acids is 1. The van der Waals surface area contributed by atoms with E-state index in [9.17, 15) is 4.79 Å². The Labute approximate surface area is 198 Å². The molecule has 2 heterocycles. The van der Waals surface area contributed by atoms with Gasteiger partial charge in [0.15, 0.2) is 0 Å². The van der Waals surface area contributed by atoms with Gasteiger partial charge in [-0.1, -0.05) is 26.0 Å². The maximum Gasteiger partial charge on any atom is 0.127 e. The normalized spacial score (nSPS) is 13.8. The van der Waals surface area contributed by atoms with Crippen molar-refractivity contribution < 1.29 is 14.3 Å². The fourth-order valence-electron chi connectivity index (χ4n) is 3.95. The van der Waals surface area contributed by atoms with Crippen LogP contribution in [0.5, 0.6) is 0 Å². The molecular formula is C25H41N5O3. The molecule has 2 aromatic heterocycles. The van der Waals surface area contributed by atoms with Gasteiger partial charge in [-0.25, -0.2) is 9.97 Å². The minimum atomic E-state index is -0.394. The van der Waals surface area contributed by atoms with Crippen LogP contribution in [0.3, 0.4) is 0 Å². The molecule has 0 spiro atoms. The van der Waals surface area contributed by atoms with Crippen molar-refractivity contribution in [3.05, 3.63) is 24.4 Å². The van der Waals surface area contributed by atoms with Crippen LogP contribution in [0, 0.1) is 5.41 Å². The third-order valence-electron chi connectivity index (χ3n) is 5.54. The molecule has 1 unspecified atom stereocenters. The standard InChI is InChI=1S/C25H41N5O3/c1-9-22-26-14-20(15-27-22)21-16-30(29-28-21)12-11-24(5,6)32-13-10-19(2)33-25(7,8)17-23(3,4)18-31/h14-16,18-19H,9-13,17H2,1-8H3. The minimum Gasteiger partial charge on any atom is -0.375 e. The topological polar surface area (TPSA) is 92.0 Å². The van der Waals surface area contributed by atoms with Gasteiger partial charge < -0.3 is 14.3 Å². The van der Waals surface area contributed by atoms with E-state index in [1.54, 1.807) is 12.4 Å². The molecule has 0 aliphatic carbocycles. The summed E-state index contributed by atoms with van der Waals surface area (Å²) in [5.74, 6) is 0.818. The van der Waals surface area contributed by atoms with Crippen LogP contribution in [-0.4, -0.2) is 55.2 Å². The van der Waals surface area contributed by atoms with Crippen LogP contribution >= 0.6 is 0 Å². The monoisotopic (exact) mass is 459 g/mol. The second-order valence-corrected chi connectivity index (χ2v) is 10.7. The first-order valence-corrected chi connectivity index (χ1v) is 11.8. The van der Waals surface area contributed by atoms with Gasteiger partial charge in [-0.3, -0.25) is 4.68 Å². The molecule has 0 amide bonds. The third-order valence-corrected chi connectivity index (χ3v) is 5.54. The largest absolute Gasteiger partial charge is 0.375 e. The zero-order chi connectivity index (χ0) is 24.7. The van der Waals surface area contributed by atoms with Crippen LogP contribution in [0.15, 0.2) is 18.6 Å². The lowest BCUT2D eigenvalue weighted by atomic mass is 9.83. The van der Waals surface area contributed by atoms with Crippen LogP contribution in [0.2, 0.25) is 0 Å². The highest BCUT2D eigenvalue weighted by Gasteiger charge is 2.30. The highest BCUT2D eigenvalue weighted by Crippen LogP contribution is 2.30. The van der Waals surface area contributed by atoms with E-state index in [4.69, 9.17) is 9.47 Å². The number of aromatic nitrogens is 5. The van der Waals surface area contributed by atoms with E-state index in [0.29, 0.717) is 19.6 Å². The fourth-order valence-corrected chi connectivity index (χ4v) is 3.95. The summed E-state index contributed by atoms with van der Waals surface area (Å²) in [5, 5.41) is 8.48. The average molecular weight is 460 g/mol. The van der Waals surface area contributed by atoms with Crippen molar-refractivity contribution >= 4 is 6.29 Å². The summed E-state index contributed by atoms with van der Waals surface area (Å²) < 4.78 is 14.2. The first-order chi connectivity index (χ1) is 15.3. The fraction of sp³-hybridized carbons (Fsp3) is 0.720. The Hall–Kier alpha value is -2.19. The number of hydrogen-bond donors (Lipinski definition) is 0. The summed E-state index contributed by atoms with van der Waals surface area (Å²) in [6.07, 6.45) is 9.61. The number of carbonyl (C=O) groups is 1. The molecule has 8 nitrogen and oxygen atoms in total. The summed E-state index contributed by atoms with van der Waals surface area (Å²) in [4.78, 5) is 19.9. The molecule has 2 aromatic rings. The lowest BCUT2D eigenvalue weighted by molar-refractivity contribution is -0.126. The molecule has 0 aromatic carbocycles. The maximum atomic E-state index is 11.2. The van der Waals surface area contributed by atoms with Gasteiger partial charge in [-0.05, 0) is 53.9 Å². The lowest BCUT2D eigenvalue weighted by Crippen LogP contribution is -2.36. The lowest BCUT2D eigenvalue weighted by Gasteiger charge is -2.34. The second kappa shape index (κ2) is 11.3. The Morgan fingerprint density at radius 1 is 1.09 bits per heavy atom. The summed E-state index contributed by atoms with van der Waals surface area (Å²) in [7, 11) is 0. The van der Waals surface area contributed by atoms with Crippen LogP contribution in [0.1, 0.15) is 80.5 Å². The SMILES string of the molecule is CCc1ncc(-c2cn(CCC(C)(C)OCCC(C)OC(C)(C)CC(C)(C)C=O)nn2)cn1. The average Bonchev–Trinajstić information content (AvgIpc) is 3.20. The Kier molecular flexibility index (Phi) is 9.26. The van der Waals surface area contributed by atoms with E-state index in [0.717, 1.165) is 42.6 Å². The quantitative estimate of drug-likeness (QED) is 0.379. The van der Waals surface area contributed by atoms with E-state index < -0.39 is 5.41 Å². The van der Waals surface area contributed by atoms with Crippen molar-refractivity contribution in [1.29, 1.82) is 0 Å². The van der Waals surface area contributed by atoms with Crippen LogP contribution in [0.25, 0.3) is 11.3 Å². The van der Waals surface area contributed by atoms with E-state index in [2.05, 4.69) is 41.1 Å². The molecule has 0 N–H and O–H groups in total. The highest BCUT2D eigenvalue weighted by atomic mass is 16.5. The predicted octanol–water partition coefficient (Wildman–Crippen LogP) is 4.67. The van der Waals surface area contributed by atoms with Gasteiger partial charge in [-0.2, -0.15) is 0 Å². The smallest absolute Gasteiger partial charge is 0.127 e. The molecular weight excluding hydrogens is 418 g/mol. The summed E-state index contributed by atoms with van der Waals surface area (Å²) >= 11 is 0. The summed E-state index contributed by atoms with van der Waals surface area (Å²) in [6.45, 7) is 17.5. The first kappa shape index (κ1) is 27.1. The van der Waals surface area contributed by atoms with Crippen molar-refractivity contribution in [2.75, 3.05) is 6.61 Å². The summed E-state index contributed by atoms with van der Waals surface area (Å²) in [6, 6.07) is 0. The number of nitrogens with zero attached hydrogens (tertiary/aromatic N) is 5. The van der Waals surface area contributed by atoms with Gasteiger partial charge in [0.1, 0.15) is 17.8 Å². The number of hydrogen-bond acceptors (Lipinski definition) is 7. The molecule has 0 bridgehead atoms.